The molecule has 0 radical (unpaired) electrons. The second kappa shape index (κ2) is 5.34. The van der Waals surface area contributed by atoms with Crippen LogP contribution < -0.4 is 10.5 Å². The van der Waals surface area contributed by atoms with Crippen LogP contribution in [0.2, 0.25) is 5.02 Å². The third-order valence-electron chi connectivity index (χ3n) is 2.21. The maximum absolute atomic E-state index is 6.03. The molecule has 0 aliphatic rings. The zero-order chi connectivity index (χ0) is 11.4. The lowest BCUT2D eigenvalue weighted by molar-refractivity contribution is 0.310. The van der Waals surface area contributed by atoms with Crippen LogP contribution >= 0.6 is 22.9 Å². The van der Waals surface area contributed by atoms with Crippen LogP contribution in [0.4, 0.5) is 0 Å². The van der Waals surface area contributed by atoms with Gasteiger partial charge >= 0.3 is 0 Å². The Labute approximate surface area is 104 Å². The minimum atomic E-state index is 0.448. The number of hydrogen-bond acceptors (Lipinski definition) is 3. The van der Waals surface area contributed by atoms with Crippen molar-refractivity contribution in [2.24, 2.45) is 5.73 Å². The van der Waals surface area contributed by atoms with Gasteiger partial charge in [0, 0.05) is 16.4 Å². The Kier molecular flexibility index (Phi) is 3.83. The molecule has 0 saturated carbocycles. The second-order valence-corrected chi connectivity index (χ2v) is 4.76. The summed E-state index contributed by atoms with van der Waals surface area (Å²) < 4.78 is 5.62. The number of ether oxygens (including phenoxy) is 1. The molecule has 2 rings (SSSR count). The Bertz CT molecular complexity index is 456. The number of benzene rings is 1. The van der Waals surface area contributed by atoms with E-state index in [9.17, 15) is 0 Å². The van der Waals surface area contributed by atoms with Crippen molar-refractivity contribution in [1.82, 2.24) is 0 Å². The van der Waals surface area contributed by atoms with Gasteiger partial charge < -0.3 is 10.5 Å². The van der Waals surface area contributed by atoms with E-state index >= 15 is 0 Å². The Morgan fingerprint density at radius 3 is 2.81 bits per heavy atom. The lowest BCUT2D eigenvalue weighted by Gasteiger charge is -2.07. The molecule has 1 aromatic carbocycles. The third kappa shape index (κ3) is 2.76. The van der Waals surface area contributed by atoms with Crippen LogP contribution in [0.15, 0.2) is 35.7 Å². The van der Waals surface area contributed by atoms with Crippen molar-refractivity contribution in [2.75, 3.05) is 0 Å². The van der Waals surface area contributed by atoms with E-state index in [1.807, 2.05) is 29.6 Å². The highest BCUT2D eigenvalue weighted by molar-refractivity contribution is 7.09. The Hall–Kier alpha value is -1.03. The summed E-state index contributed by atoms with van der Waals surface area (Å²) in [5, 5.41) is 2.69. The average Bonchev–Trinajstić information content (AvgIpc) is 2.79. The van der Waals surface area contributed by atoms with Crippen molar-refractivity contribution in [3.8, 4) is 5.75 Å². The smallest absolute Gasteiger partial charge is 0.122 e. The van der Waals surface area contributed by atoms with E-state index in [1.54, 1.807) is 17.4 Å². The van der Waals surface area contributed by atoms with E-state index in [1.165, 1.54) is 4.88 Å². The number of thiophene rings is 1. The fraction of sp³-hybridized carbons (Fsp3) is 0.167. The first-order valence-corrected chi connectivity index (χ1v) is 6.19. The van der Waals surface area contributed by atoms with Crippen molar-refractivity contribution >= 4 is 22.9 Å². The Morgan fingerprint density at radius 1 is 1.31 bits per heavy atom. The van der Waals surface area contributed by atoms with Crippen molar-refractivity contribution in [1.29, 1.82) is 0 Å². The summed E-state index contributed by atoms with van der Waals surface area (Å²) in [6.45, 7) is 1.03. The molecule has 0 fully saturated rings. The van der Waals surface area contributed by atoms with Gasteiger partial charge in [0.25, 0.3) is 0 Å². The zero-order valence-corrected chi connectivity index (χ0v) is 10.2. The van der Waals surface area contributed by atoms with Gasteiger partial charge in [0.05, 0.1) is 0 Å². The molecular formula is C12H12ClNOS. The number of nitrogens with two attached hydrogens (primary N) is 1. The molecule has 2 N–H and O–H groups in total. The van der Waals surface area contributed by atoms with E-state index in [-0.39, 0.29) is 0 Å². The molecule has 1 aromatic heterocycles. The fourth-order valence-corrected chi connectivity index (χ4v) is 2.20. The highest BCUT2D eigenvalue weighted by Crippen LogP contribution is 2.23. The van der Waals surface area contributed by atoms with E-state index < -0.39 is 0 Å². The van der Waals surface area contributed by atoms with Crippen molar-refractivity contribution in [3.05, 3.63) is 51.2 Å². The van der Waals surface area contributed by atoms with Crippen molar-refractivity contribution in [2.45, 2.75) is 13.2 Å². The van der Waals surface area contributed by atoms with Gasteiger partial charge in [-0.25, -0.2) is 0 Å². The van der Waals surface area contributed by atoms with Crippen LogP contribution in [0.1, 0.15) is 10.4 Å². The van der Waals surface area contributed by atoms with Crippen LogP contribution in [0.5, 0.6) is 5.75 Å². The molecule has 0 bridgehead atoms. The molecule has 0 atom stereocenters. The summed E-state index contributed by atoms with van der Waals surface area (Å²) in [5.41, 5.74) is 6.46. The summed E-state index contributed by atoms with van der Waals surface area (Å²) in [5.74, 6) is 0.774. The average molecular weight is 254 g/mol. The van der Waals surface area contributed by atoms with Crippen LogP contribution in [0.3, 0.4) is 0 Å². The predicted octanol–water partition coefficient (Wildman–Crippen LogP) is 3.44. The molecule has 16 heavy (non-hydrogen) atoms. The molecule has 0 saturated heterocycles. The molecular weight excluding hydrogens is 242 g/mol. The Balaban J connectivity index is 2.02. The number of rotatable bonds is 4. The monoisotopic (exact) mass is 253 g/mol. The maximum atomic E-state index is 6.03. The van der Waals surface area contributed by atoms with Crippen molar-refractivity contribution in [3.63, 3.8) is 0 Å². The van der Waals surface area contributed by atoms with Gasteiger partial charge in [0.15, 0.2) is 0 Å². The molecule has 0 amide bonds. The van der Waals surface area contributed by atoms with Gasteiger partial charge in [-0.2, -0.15) is 0 Å². The quantitative estimate of drug-likeness (QED) is 0.906. The summed E-state index contributed by atoms with van der Waals surface area (Å²) in [6, 6.07) is 9.64. The number of halogens is 1. The minimum Gasteiger partial charge on any atom is -0.488 e. The van der Waals surface area contributed by atoms with Crippen LogP contribution in [0.25, 0.3) is 0 Å². The largest absolute Gasteiger partial charge is 0.488 e. The van der Waals surface area contributed by atoms with E-state index in [0.717, 1.165) is 11.3 Å². The summed E-state index contributed by atoms with van der Waals surface area (Å²) in [6.07, 6.45) is 0. The van der Waals surface area contributed by atoms with Gasteiger partial charge in [0.2, 0.25) is 0 Å². The molecule has 84 valence electrons. The Morgan fingerprint density at radius 2 is 2.19 bits per heavy atom. The molecule has 1 heterocycles. The molecule has 2 nitrogen and oxygen atoms in total. The fourth-order valence-electron chi connectivity index (χ4n) is 1.33. The van der Waals surface area contributed by atoms with Gasteiger partial charge in [0.1, 0.15) is 12.4 Å². The van der Waals surface area contributed by atoms with Crippen LogP contribution in [-0.2, 0) is 13.2 Å². The van der Waals surface area contributed by atoms with Gasteiger partial charge in [-0.15, -0.1) is 11.3 Å². The first-order chi connectivity index (χ1) is 7.79. The minimum absolute atomic E-state index is 0.448. The zero-order valence-electron chi connectivity index (χ0n) is 8.65. The maximum Gasteiger partial charge on any atom is 0.122 e. The van der Waals surface area contributed by atoms with Crippen molar-refractivity contribution < 1.29 is 4.74 Å². The molecule has 4 heteroatoms. The highest BCUT2D eigenvalue weighted by Gasteiger charge is 2.01. The molecule has 0 aliphatic carbocycles. The highest BCUT2D eigenvalue weighted by atomic mass is 35.5. The normalized spacial score (nSPS) is 10.4. The molecule has 0 aliphatic heterocycles. The van der Waals surface area contributed by atoms with Crippen LogP contribution in [-0.4, -0.2) is 0 Å². The van der Waals surface area contributed by atoms with Gasteiger partial charge in [-0.05, 0) is 29.1 Å². The van der Waals surface area contributed by atoms with Gasteiger partial charge in [-0.1, -0.05) is 23.7 Å². The molecule has 2 aromatic rings. The van der Waals surface area contributed by atoms with E-state index in [4.69, 9.17) is 22.1 Å². The number of hydrogen-bond donors (Lipinski definition) is 1. The summed E-state index contributed by atoms with van der Waals surface area (Å²) in [7, 11) is 0. The first-order valence-electron chi connectivity index (χ1n) is 4.93. The topological polar surface area (TPSA) is 35.2 Å². The molecule has 0 spiro atoms. The summed E-state index contributed by atoms with van der Waals surface area (Å²) >= 11 is 7.71. The van der Waals surface area contributed by atoms with E-state index in [0.29, 0.717) is 18.2 Å². The molecule has 0 unspecified atom stereocenters. The first kappa shape index (κ1) is 11.5. The van der Waals surface area contributed by atoms with Gasteiger partial charge in [-0.3, -0.25) is 0 Å². The standard InChI is InChI=1S/C12H12ClNOS/c13-12-6-10(4-3-9(12)7-14)15-8-11-2-1-5-16-11/h1-6H,7-8,14H2. The van der Waals surface area contributed by atoms with E-state index in [2.05, 4.69) is 0 Å². The summed E-state index contributed by atoms with van der Waals surface area (Å²) in [4.78, 5) is 1.19. The lowest BCUT2D eigenvalue weighted by atomic mass is 10.2. The lowest BCUT2D eigenvalue weighted by Crippen LogP contribution is -1.98. The van der Waals surface area contributed by atoms with Crippen LogP contribution in [0, 0.1) is 0 Å². The second-order valence-electron chi connectivity index (χ2n) is 3.33. The predicted molar refractivity (Wildman–Crippen MR) is 68.0 cm³/mol. The third-order valence-corrected chi connectivity index (χ3v) is 3.41. The SMILES string of the molecule is NCc1ccc(OCc2cccs2)cc1Cl.